The van der Waals surface area contributed by atoms with Crippen LogP contribution in [0.25, 0.3) is 16.9 Å². The number of nitrogens with zero attached hydrogens (tertiary/aromatic N) is 2. The molecule has 0 amide bonds. The number of carbonyl (C=O) groups excluding carboxylic acids is 1. The van der Waals surface area contributed by atoms with Gasteiger partial charge in [-0.3, -0.25) is 0 Å². The first-order valence-corrected chi connectivity index (χ1v) is 9.31. The standard InChI is InChI=1S/C20H16Cl2N2O3/c1-2-26-20(25)16-11-18(13-4-3-12-7-8-27-19(12)9-13)24(23-16)17-6-5-14(21)10-15(17)22/h3-6,9-11H,2,7-8H2,1H3. The summed E-state index contributed by atoms with van der Waals surface area (Å²) in [5, 5.41) is 5.39. The van der Waals surface area contributed by atoms with Gasteiger partial charge in [0.2, 0.25) is 0 Å². The average Bonchev–Trinajstić information content (AvgIpc) is 3.28. The molecule has 0 spiro atoms. The fraction of sp³-hybridized carbons (Fsp3) is 0.200. The summed E-state index contributed by atoms with van der Waals surface area (Å²) >= 11 is 12.4. The molecule has 7 heteroatoms. The summed E-state index contributed by atoms with van der Waals surface area (Å²) in [4.78, 5) is 12.2. The normalized spacial score (nSPS) is 12.6. The zero-order chi connectivity index (χ0) is 19.0. The van der Waals surface area contributed by atoms with E-state index in [1.807, 2.05) is 18.2 Å². The Bertz CT molecular complexity index is 1030. The Morgan fingerprint density at radius 1 is 1.22 bits per heavy atom. The van der Waals surface area contributed by atoms with E-state index in [9.17, 15) is 4.79 Å². The summed E-state index contributed by atoms with van der Waals surface area (Å²) in [5.41, 5.74) is 3.57. The molecule has 2 heterocycles. The monoisotopic (exact) mass is 402 g/mol. The summed E-state index contributed by atoms with van der Waals surface area (Å²) in [7, 11) is 0. The van der Waals surface area contributed by atoms with E-state index in [0.717, 1.165) is 17.7 Å². The third-order valence-corrected chi connectivity index (χ3v) is 4.86. The highest BCUT2D eigenvalue weighted by Gasteiger charge is 2.21. The van der Waals surface area contributed by atoms with Gasteiger partial charge in [-0.25, -0.2) is 9.48 Å². The number of carbonyl (C=O) groups is 1. The van der Waals surface area contributed by atoms with Crippen molar-refractivity contribution in [1.29, 1.82) is 0 Å². The molecule has 27 heavy (non-hydrogen) atoms. The summed E-state index contributed by atoms with van der Waals surface area (Å²) < 4.78 is 12.4. The molecule has 0 radical (unpaired) electrons. The van der Waals surface area contributed by atoms with Crippen LogP contribution in [0.15, 0.2) is 42.5 Å². The summed E-state index contributed by atoms with van der Waals surface area (Å²) in [6.45, 7) is 2.70. The van der Waals surface area contributed by atoms with E-state index in [4.69, 9.17) is 32.7 Å². The van der Waals surface area contributed by atoms with Gasteiger partial charge >= 0.3 is 5.97 Å². The van der Waals surface area contributed by atoms with Crippen molar-refractivity contribution in [1.82, 2.24) is 9.78 Å². The number of esters is 1. The van der Waals surface area contributed by atoms with Gasteiger partial charge < -0.3 is 9.47 Å². The number of hydrogen-bond acceptors (Lipinski definition) is 4. The number of aromatic nitrogens is 2. The largest absolute Gasteiger partial charge is 0.493 e. The lowest BCUT2D eigenvalue weighted by Crippen LogP contribution is -2.07. The van der Waals surface area contributed by atoms with Crippen molar-refractivity contribution >= 4 is 29.2 Å². The van der Waals surface area contributed by atoms with E-state index in [1.54, 1.807) is 35.9 Å². The number of fused-ring (bicyclic) bond motifs is 1. The molecule has 0 unspecified atom stereocenters. The Morgan fingerprint density at radius 2 is 2.07 bits per heavy atom. The van der Waals surface area contributed by atoms with Crippen molar-refractivity contribution in [3.63, 3.8) is 0 Å². The molecule has 0 bridgehead atoms. The second-order valence-electron chi connectivity index (χ2n) is 6.06. The minimum atomic E-state index is -0.486. The van der Waals surface area contributed by atoms with Crippen molar-refractivity contribution in [2.45, 2.75) is 13.3 Å². The second kappa shape index (κ2) is 7.25. The molecule has 4 rings (SSSR count). The lowest BCUT2D eigenvalue weighted by atomic mass is 10.1. The Hall–Kier alpha value is -2.50. The number of halogens is 2. The quantitative estimate of drug-likeness (QED) is 0.578. The first-order valence-electron chi connectivity index (χ1n) is 8.55. The zero-order valence-electron chi connectivity index (χ0n) is 14.5. The predicted molar refractivity (Wildman–Crippen MR) is 104 cm³/mol. The van der Waals surface area contributed by atoms with Gasteiger partial charge in [-0.1, -0.05) is 35.3 Å². The van der Waals surface area contributed by atoms with E-state index in [-0.39, 0.29) is 12.3 Å². The van der Waals surface area contributed by atoms with Gasteiger partial charge in [0.25, 0.3) is 0 Å². The Morgan fingerprint density at radius 3 is 2.85 bits per heavy atom. The molecule has 0 aliphatic carbocycles. The summed E-state index contributed by atoms with van der Waals surface area (Å²) in [6, 6.07) is 12.8. The number of hydrogen-bond donors (Lipinski definition) is 0. The van der Waals surface area contributed by atoms with Crippen LogP contribution in [0.1, 0.15) is 23.0 Å². The average molecular weight is 403 g/mol. The van der Waals surface area contributed by atoms with Crippen LogP contribution in [0.4, 0.5) is 0 Å². The topological polar surface area (TPSA) is 53.4 Å². The van der Waals surface area contributed by atoms with E-state index in [1.165, 1.54) is 5.56 Å². The van der Waals surface area contributed by atoms with Gasteiger partial charge in [0.15, 0.2) is 5.69 Å². The molecule has 0 fully saturated rings. The first-order chi connectivity index (χ1) is 13.1. The number of benzene rings is 2. The minimum Gasteiger partial charge on any atom is -0.493 e. The predicted octanol–water partition coefficient (Wildman–Crippen LogP) is 4.96. The van der Waals surface area contributed by atoms with Crippen LogP contribution in [0.3, 0.4) is 0 Å². The van der Waals surface area contributed by atoms with Gasteiger partial charge in [0.1, 0.15) is 5.75 Å². The summed E-state index contributed by atoms with van der Waals surface area (Å²) in [5.74, 6) is 0.361. The minimum absolute atomic E-state index is 0.208. The van der Waals surface area contributed by atoms with Crippen LogP contribution in [0.5, 0.6) is 5.75 Å². The van der Waals surface area contributed by atoms with Crippen LogP contribution < -0.4 is 4.74 Å². The molecule has 0 N–H and O–H groups in total. The van der Waals surface area contributed by atoms with E-state index >= 15 is 0 Å². The molecular formula is C20H16Cl2N2O3. The smallest absolute Gasteiger partial charge is 0.358 e. The molecular weight excluding hydrogens is 387 g/mol. The Kier molecular flexibility index (Phi) is 4.81. The van der Waals surface area contributed by atoms with E-state index in [2.05, 4.69) is 5.10 Å². The van der Waals surface area contributed by atoms with Crippen LogP contribution in [-0.2, 0) is 11.2 Å². The number of rotatable bonds is 4. The van der Waals surface area contributed by atoms with Crippen LogP contribution >= 0.6 is 23.2 Å². The van der Waals surface area contributed by atoms with E-state index in [0.29, 0.717) is 28.0 Å². The maximum atomic E-state index is 12.2. The third kappa shape index (κ3) is 3.40. The van der Waals surface area contributed by atoms with E-state index < -0.39 is 5.97 Å². The van der Waals surface area contributed by atoms with Crippen molar-refractivity contribution in [3.05, 3.63) is 63.8 Å². The molecule has 1 aliphatic rings. The van der Waals surface area contributed by atoms with Crippen LogP contribution in [-0.4, -0.2) is 29.0 Å². The van der Waals surface area contributed by atoms with Crippen molar-refractivity contribution in [2.75, 3.05) is 13.2 Å². The Labute approximate surface area is 166 Å². The fourth-order valence-electron chi connectivity index (χ4n) is 3.05. The van der Waals surface area contributed by atoms with Gasteiger partial charge in [-0.2, -0.15) is 5.10 Å². The van der Waals surface area contributed by atoms with Crippen molar-refractivity contribution in [3.8, 4) is 22.7 Å². The Balaban J connectivity index is 1.87. The number of ether oxygens (including phenoxy) is 2. The maximum Gasteiger partial charge on any atom is 0.358 e. The molecule has 5 nitrogen and oxygen atoms in total. The molecule has 1 aromatic heterocycles. The highest BCUT2D eigenvalue weighted by molar-refractivity contribution is 6.35. The summed E-state index contributed by atoms with van der Waals surface area (Å²) in [6.07, 6.45) is 0.895. The lowest BCUT2D eigenvalue weighted by molar-refractivity contribution is 0.0519. The van der Waals surface area contributed by atoms with Gasteiger partial charge in [-0.15, -0.1) is 0 Å². The second-order valence-corrected chi connectivity index (χ2v) is 6.91. The molecule has 3 aromatic rings. The maximum absolute atomic E-state index is 12.2. The third-order valence-electron chi connectivity index (χ3n) is 4.32. The zero-order valence-corrected chi connectivity index (χ0v) is 16.0. The SMILES string of the molecule is CCOC(=O)c1cc(-c2ccc3c(c2)OCC3)n(-c2ccc(Cl)cc2Cl)n1. The van der Waals surface area contributed by atoms with Gasteiger partial charge in [0.05, 0.1) is 29.6 Å². The van der Waals surface area contributed by atoms with Gasteiger partial charge in [-0.05, 0) is 42.8 Å². The first kappa shape index (κ1) is 17.9. The molecule has 1 aliphatic heterocycles. The van der Waals surface area contributed by atoms with Crippen LogP contribution in [0, 0.1) is 0 Å². The van der Waals surface area contributed by atoms with Gasteiger partial charge in [0, 0.05) is 17.0 Å². The highest BCUT2D eigenvalue weighted by atomic mass is 35.5. The van der Waals surface area contributed by atoms with Crippen molar-refractivity contribution in [2.24, 2.45) is 0 Å². The molecule has 138 valence electrons. The van der Waals surface area contributed by atoms with Crippen LogP contribution in [0.2, 0.25) is 10.0 Å². The molecule has 0 saturated heterocycles. The molecule has 2 aromatic carbocycles. The lowest BCUT2D eigenvalue weighted by Gasteiger charge is -2.10. The molecule has 0 saturated carbocycles. The fourth-order valence-corrected chi connectivity index (χ4v) is 3.54. The highest BCUT2D eigenvalue weighted by Crippen LogP contribution is 2.34. The van der Waals surface area contributed by atoms with Crippen molar-refractivity contribution < 1.29 is 14.3 Å². The molecule has 0 atom stereocenters.